The zero-order valence-electron chi connectivity index (χ0n) is 14.2. The first-order valence-corrected chi connectivity index (χ1v) is 9.90. The van der Waals surface area contributed by atoms with Crippen molar-refractivity contribution >= 4 is 10.0 Å². The molecule has 1 aliphatic heterocycles. The Morgan fingerprint density at radius 1 is 1.13 bits per heavy atom. The van der Waals surface area contributed by atoms with Crippen molar-refractivity contribution in [1.82, 2.24) is 4.31 Å². The molecule has 1 aromatic carbocycles. The van der Waals surface area contributed by atoms with Crippen LogP contribution in [0.15, 0.2) is 23.1 Å². The summed E-state index contributed by atoms with van der Waals surface area (Å²) in [4.78, 5) is 0.214. The molecule has 6 heteroatoms. The van der Waals surface area contributed by atoms with Crippen LogP contribution in [0.5, 0.6) is 11.5 Å². The van der Waals surface area contributed by atoms with Crippen LogP contribution in [0.2, 0.25) is 0 Å². The Morgan fingerprint density at radius 2 is 1.87 bits per heavy atom. The first kappa shape index (κ1) is 18.1. The Bertz CT molecular complexity index is 615. The number of nitrogens with zero attached hydrogens (tertiary/aromatic N) is 1. The van der Waals surface area contributed by atoms with Gasteiger partial charge in [-0.1, -0.05) is 13.3 Å². The van der Waals surface area contributed by atoms with Crippen LogP contribution in [0.4, 0.5) is 0 Å². The van der Waals surface area contributed by atoms with Crippen LogP contribution in [-0.4, -0.2) is 38.5 Å². The van der Waals surface area contributed by atoms with Gasteiger partial charge in [-0.05, 0) is 45.2 Å². The molecule has 0 spiro atoms. The summed E-state index contributed by atoms with van der Waals surface area (Å²) in [7, 11) is -3.59. The van der Waals surface area contributed by atoms with E-state index >= 15 is 0 Å². The summed E-state index contributed by atoms with van der Waals surface area (Å²) in [5.74, 6) is 0.955. The summed E-state index contributed by atoms with van der Waals surface area (Å²) in [5, 5.41) is 0. The molecule has 1 aliphatic rings. The van der Waals surface area contributed by atoms with Gasteiger partial charge in [0.2, 0.25) is 10.0 Å². The van der Waals surface area contributed by atoms with E-state index in [0.29, 0.717) is 31.3 Å². The molecule has 23 heavy (non-hydrogen) atoms. The first-order valence-electron chi connectivity index (χ1n) is 8.46. The Balaban J connectivity index is 2.45. The number of hydrogen-bond acceptors (Lipinski definition) is 4. The van der Waals surface area contributed by atoms with Gasteiger partial charge >= 0.3 is 0 Å². The number of sulfonamides is 1. The van der Waals surface area contributed by atoms with E-state index in [1.54, 1.807) is 22.5 Å². The third-order valence-electron chi connectivity index (χ3n) is 4.16. The topological polar surface area (TPSA) is 55.8 Å². The monoisotopic (exact) mass is 341 g/mol. The van der Waals surface area contributed by atoms with Gasteiger partial charge < -0.3 is 9.47 Å². The second kappa shape index (κ2) is 8.02. The molecule has 1 fully saturated rings. The van der Waals surface area contributed by atoms with Crippen molar-refractivity contribution in [3.8, 4) is 11.5 Å². The van der Waals surface area contributed by atoms with Crippen LogP contribution in [0.3, 0.4) is 0 Å². The summed E-state index contributed by atoms with van der Waals surface area (Å²) in [5.41, 5.74) is 0. The Labute approximate surface area is 139 Å². The third-order valence-corrected chi connectivity index (χ3v) is 6.13. The van der Waals surface area contributed by atoms with Crippen molar-refractivity contribution in [3.63, 3.8) is 0 Å². The highest BCUT2D eigenvalue weighted by Crippen LogP contribution is 2.34. The maximum Gasteiger partial charge on any atom is 0.247 e. The molecular weight excluding hydrogens is 314 g/mol. The Kier molecular flexibility index (Phi) is 6.30. The van der Waals surface area contributed by atoms with Gasteiger partial charge in [-0.15, -0.1) is 0 Å². The van der Waals surface area contributed by atoms with E-state index in [1.807, 2.05) is 20.8 Å². The molecule has 0 N–H and O–H groups in total. The number of piperidine rings is 1. The zero-order valence-corrected chi connectivity index (χ0v) is 15.1. The minimum absolute atomic E-state index is 0.0685. The number of ether oxygens (including phenoxy) is 2. The summed E-state index contributed by atoms with van der Waals surface area (Å²) >= 11 is 0. The minimum atomic E-state index is -3.59. The van der Waals surface area contributed by atoms with Crippen LogP contribution in [0.1, 0.15) is 46.5 Å². The smallest absolute Gasteiger partial charge is 0.247 e. The molecule has 0 bridgehead atoms. The summed E-state index contributed by atoms with van der Waals surface area (Å²) < 4.78 is 39.1. The van der Waals surface area contributed by atoms with Gasteiger partial charge in [0.15, 0.2) is 0 Å². The van der Waals surface area contributed by atoms with Crippen molar-refractivity contribution < 1.29 is 17.9 Å². The summed E-state index contributed by atoms with van der Waals surface area (Å²) in [6, 6.07) is 5.09. The fourth-order valence-corrected chi connectivity index (χ4v) is 4.96. The van der Waals surface area contributed by atoms with Crippen molar-refractivity contribution in [2.45, 2.75) is 57.4 Å². The SMILES string of the molecule is CCOc1ccc(OCC)c(S(=O)(=O)N2CCCCC2CC)c1. The van der Waals surface area contributed by atoms with E-state index in [1.165, 1.54) is 0 Å². The van der Waals surface area contributed by atoms with Crippen molar-refractivity contribution in [2.24, 2.45) is 0 Å². The number of rotatable bonds is 7. The minimum Gasteiger partial charge on any atom is -0.494 e. The summed E-state index contributed by atoms with van der Waals surface area (Å²) in [6.45, 7) is 7.26. The lowest BCUT2D eigenvalue weighted by molar-refractivity contribution is 0.245. The number of benzene rings is 1. The average molecular weight is 341 g/mol. The lowest BCUT2D eigenvalue weighted by Gasteiger charge is -2.34. The van der Waals surface area contributed by atoms with E-state index in [9.17, 15) is 8.42 Å². The maximum atomic E-state index is 13.2. The molecule has 1 saturated heterocycles. The molecule has 1 atom stereocenters. The second-order valence-corrected chi connectivity index (χ2v) is 7.51. The van der Waals surface area contributed by atoms with E-state index in [2.05, 4.69) is 0 Å². The van der Waals surface area contributed by atoms with Crippen molar-refractivity contribution in [3.05, 3.63) is 18.2 Å². The lowest BCUT2D eigenvalue weighted by atomic mass is 10.0. The van der Waals surface area contributed by atoms with Crippen molar-refractivity contribution in [2.75, 3.05) is 19.8 Å². The van der Waals surface area contributed by atoms with E-state index in [-0.39, 0.29) is 10.9 Å². The van der Waals surface area contributed by atoms with Gasteiger partial charge in [0.05, 0.1) is 13.2 Å². The van der Waals surface area contributed by atoms with Gasteiger partial charge in [-0.3, -0.25) is 0 Å². The summed E-state index contributed by atoms with van der Waals surface area (Å²) in [6.07, 6.45) is 3.74. The van der Waals surface area contributed by atoms with Crippen LogP contribution in [0.25, 0.3) is 0 Å². The standard InChI is InChI=1S/C17H27NO4S/c1-4-14-9-7-8-12-18(14)23(19,20)17-13-15(21-5-2)10-11-16(17)22-6-3/h10-11,13-14H,4-9,12H2,1-3H3. The molecule has 1 aromatic rings. The molecule has 0 saturated carbocycles. The molecule has 130 valence electrons. The van der Waals surface area contributed by atoms with E-state index in [4.69, 9.17) is 9.47 Å². The van der Waals surface area contributed by atoms with Crippen LogP contribution >= 0.6 is 0 Å². The predicted octanol–water partition coefficient (Wildman–Crippen LogP) is 3.44. The van der Waals surface area contributed by atoms with E-state index < -0.39 is 10.0 Å². The first-order chi connectivity index (χ1) is 11.0. The largest absolute Gasteiger partial charge is 0.494 e. The fourth-order valence-electron chi connectivity index (χ4n) is 3.05. The molecule has 0 amide bonds. The van der Waals surface area contributed by atoms with Gasteiger partial charge in [0.1, 0.15) is 16.4 Å². The predicted molar refractivity (Wildman–Crippen MR) is 90.6 cm³/mol. The highest BCUT2D eigenvalue weighted by molar-refractivity contribution is 7.89. The molecular formula is C17H27NO4S. The fraction of sp³-hybridized carbons (Fsp3) is 0.647. The Morgan fingerprint density at radius 3 is 2.52 bits per heavy atom. The molecule has 1 heterocycles. The molecule has 2 rings (SSSR count). The van der Waals surface area contributed by atoms with E-state index in [0.717, 1.165) is 25.7 Å². The van der Waals surface area contributed by atoms with Crippen molar-refractivity contribution in [1.29, 1.82) is 0 Å². The highest BCUT2D eigenvalue weighted by atomic mass is 32.2. The van der Waals surface area contributed by atoms with Crippen LogP contribution < -0.4 is 9.47 Å². The number of hydrogen-bond donors (Lipinski definition) is 0. The molecule has 5 nitrogen and oxygen atoms in total. The normalized spacial score (nSPS) is 19.5. The van der Waals surface area contributed by atoms with Gasteiger partial charge in [-0.25, -0.2) is 8.42 Å². The maximum absolute atomic E-state index is 13.2. The second-order valence-electron chi connectivity index (χ2n) is 5.65. The average Bonchev–Trinajstić information content (AvgIpc) is 2.56. The van der Waals surface area contributed by atoms with Gasteiger partial charge in [0, 0.05) is 18.7 Å². The zero-order chi connectivity index (χ0) is 16.9. The molecule has 1 unspecified atom stereocenters. The lowest BCUT2D eigenvalue weighted by Crippen LogP contribution is -2.43. The van der Waals surface area contributed by atoms with Gasteiger partial charge in [-0.2, -0.15) is 4.31 Å². The molecule has 0 radical (unpaired) electrons. The van der Waals surface area contributed by atoms with Crippen LogP contribution in [0, 0.1) is 0 Å². The quantitative estimate of drug-likeness (QED) is 0.762. The Hall–Kier alpha value is -1.27. The highest BCUT2D eigenvalue weighted by Gasteiger charge is 2.34. The van der Waals surface area contributed by atoms with Gasteiger partial charge in [0.25, 0.3) is 0 Å². The third kappa shape index (κ3) is 3.98. The molecule has 0 aliphatic carbocycles. The molecule has 0 aromatic heterocycles. The van der Waals surface area contributed by atoms with Crippen LogP contribution in [-0.2, 0) is 10.0 Å².